The van der Waals surface area contributed by atoms with Crippen molar-refractivity contribution in [2.45, 2.75) is 25.9 Å². The summed E-state index contributed by atoms with van der Waals surface area (Å²) in [5.74, 6) is 0.457. The van der Waals surface area contributed by atoms with Crippen molar-refractivity contribution in [1.29, 1.82) is 0 Å². The van der Waals surface area contributed by atoms with E-state index in [1.165, 1.54) is 0 Å². The van der Waals surface area contributed by atoms with E-state index in [2.05, 4.69) is 10.3 Å². The number of hydrogen-bond donors (Lipinski definition) is 1. The zero-order valence-electron chi connectivity index (χ0n) is 16.9. The number of pyridine rings is 1. The molecule has 164 valence electrons. The van der Waals surface area contributed by atoms with Gasteiger partial charge in [0.25, 0.3) is 0 Å². The highest BCUT2D eigenvalue weighted by molar-refractivity contribution is 6.42. The number of amides is 1. The van der Waals surface area contributed by atoms with Crippen LogP contribution >= 0.6 is 46.4 Å². The molecule has 2 heterocycles. The van der Waals surface area contributed by atoms with Crippen LogP contribution in [0.3, 0.4) is 0 Å². The van der Waals surface area contributed by atoms with Crippen LogP contribution in [0.2, 0.25) is 20.1 Å². The second kappa shape index (κ2) is 9.67. The molecule has 0 radical (unpaired) electrons. The second-order valence-electron chi connectivity index (χ2n) is 7.28. The van der Waals surface area contributed by atoms with Crippen molar-refractivity contribution in [3.8, 4) is 0 Å². The van der Waals surface area contributed by atoms with Gasteiger partial charge >= 0.3 is 0 Å². The molecule has 0 fully saturated rings. The molecule has 0 saturated carbocycles. The zero-order chi connectivity index (χ0) is 22.8. The lowest BCUT2D eigenvalue weighted by Crippen LogP contribution is -2.31. The number of fused-ring (bicyclic) bond motifs is 1. The van der Waals surface area contributed by atoms with E-state index in [9.17, 15) is 4.79 Å². The molecular formula is C23H18Cl4N4O. The van der Waals surface area contributed by atoms with Crippen LogP contribution < -0.4 is 5.32 Å². The van der Waals surface area contributed by atoms with Gasteiger partial charge in [0.15, 0.2) is 0 Å². The number of carbonyl (C=O) groups excluding carboxylic acids is 1. The molecule has 0 aliphatic carbocycles. The molecule has 1 atom stereocenters. The van der Waals surface area contributed by atoms with Crippen molar-refractivity contribution in [3.63, 3.8) is 0 Å². The van der Waals surface area contributed by atoms with Crippen LogP contribution in [-0.2, 0) is 17.8 Å². The third kappa shape index (κ3) is 4.71. The largest absolute Gasteiger partial charge is 0.350 e. The van der Waals surface area contributed by atoms with Gasteiger partial charge in [-0.25, -0.2) is 4.98 Å². The van der Waals surface area contributed by atoms with Crippen molar-refractivity contribution in [1.82, 2.24) is 19.9 Å². The lowest BCUT2D eigenvalue weighted by atomic mass is 10.1. The number of carbonyl (C=O) groups is 1. The summed E-state index contributed by atoms with van der Waals surface area (Å²) in [6, 6.07) is 11.9. The summed E-state index contributed by atoms with van der Waals surface area (Å²) >= 11 is 25.3. The lowest BCUT2D eigenvalue weighted by Gasteiger charge is -2.18. The Bertz CT molecular complexity index is 1270. The number of hydrogen-bond acceptors (Lipinski definition) is 3. The molecule has 1 N–H and O–H groups in total. The Balaban J connectivity index is 1.73. The first-order valence-electron chi connectivity index (χ1n) is 9.80. The molecule has 0 saturated heterocycles. The minimum atomic E-state index is -0.574. The maximum absolute atomic E-state index is 13.1. The van der Waals surface area contributed by atoms with Crippen LogP contribution in [0.4, 0.5) is 0 Å². The summed E-state index contributed by atoms with van der Waals surface area (Å²) in [6.07, 6.45) is 3.71. The predicted octanol–water partition coefficient (Wildman–Crippen LogP) is 6.51. The molecule has 4 rings (SSSR count). The molecule has 2 aromatic heterocycles. The highest BCUT2D eigenvalue weighted by atomic mass is 35.5. The molecule has 9 heteroatoms. The molecule has 0 aliphatic heterocycles. The smallest absolute Gasteiger partial charge is 0.243 e. The van der Waals surface area contributed by atoms with Gasteiger partial charge in [-0.1, -0.05) is 52.5 Å². The quantitative estimate of drug-likeness (QED) is 0.323. The van der Waals surface area contributed by atoms with Crippen molar-refractivity contribution in [3.05, 3.63) is 91.9 Å². The first-order chi connectivity index (χ1) is 15.3. The van der Waals surface area contributed by atoms with E-state index < -0.39 is 6.04 Å². The van der Waals surface area contributed by atoms with E-state index in [0.717, 1.165) is 11.1 Å². The SMILES string of the molecule is C[C@H](C(=O)NCc1ccncc1)n1c(Cc2c(Cl)cccc2Cl)nc2cc(Cl)c(Cl)cc21. The Morgan fingerprint density at radius 2 is 1.66 bits per heavy atom. The van der Waals surface area contributed by atoms with Gasteiger partial charge in [0.05, 0.1) is 21.1 Å². The Hall–Kier alpha value is -2.31. The van der Waals surface area contributed by atoms with Crippen LogP contribution in [0.15, 0.2) is 54.9 Å². The van der Waals surface area contributed by atoms with E-state index in [1.54, 1.807) is 42.7 Å². The number of halogens is 4. The monoisotopic (exact) mass is 506 g/mol. The summed E-state index contributed by atoms with van der Waals surface area (Å²) in [7, 11) is 0. The van der Waals surface area contributed by atoms with Gasteiger partial charge in [-0.2, -0.15) is 0 Å². The van der Waals surface area contributed by atoms with Crippen molar-refractivity contribution >= 4 is 63.3 Å². The highest BCUT2D eigenvalue weighted by Gasteiger charge is 2.23. The Labute approximate surface area is 205 Å². The number of aromatic nitrogens is 3. The van der Waals surface area contributed by atoms with E-state index in [0.29, 0.717) is 49.9 Å². The average molecular weight is 508 g/mol. The molecular weight excluding hydrogens is 490 g/mol. The first-order valence-corrected chi connectivity index (χ1v) is 11.3. The Morgan fingerprint density at radius 3 is 2.34 bits per heavy atom. The molecule has 0 spiro atoms. The topological polar surface area (TPSA) is 59.8 Å². The summed E-state index contributed by atoms with van der Waals surface area (Å²) in [4.78, 5) is 21.8. The van der Waals surface area contributed by atoms with Gasteiger partial charge in [0.1, 0.15) is 11.9 Å². The molecule has 32 heavy (non-hydrogen) atoms. The molecule has 1 amide bonds. The van der Waals surface area contributed by atoms with Crippen LogP contribution in [0, 0.1) is 0 Å². The van der Waals surface area contributed by atoms with Gasteiger partial charge in [0.2, 0.25) is 5.91 Å². The van der Waals surface area contributed by atoms with Gasteiger partial charge in [-0.15, -0.1) is 0 Å². The standard InChI is InChI=1S/C23H18Cl4N4O/c1-13(23(32)29-12-14-5-7-28-8-6-14)31-21-11-19(27)18(26)10-20(21)30-22(31)9-15-16(24)3-2-4-17(15)25/h2-8,10-11,13H,9,12H2,1H3,(H,29,32)/t13-/m1/s1. The fourth-order valence-corrected chi connectivity index (χ4v) is 4.36. The third-order valence-corrected chi connectivity index (χ3v) is 6.61. The second-order valence-corrected chi connectivity index (χ2v) is 8.91. The Morgan fingerprint density at radius 1 is 1.00 bits per heavy atom. The minimum absolute atomic E-state index is 0.168. The van der Waals surface area contributed by atoms with Gasteiger partial charge in [-0.05, 0) is 54.4 Å². The molecule has 0 unspecified atom stereocenters. The molecule has 4 aromatic rings. The summed E-state index contributed by atoms with van der Waals surface area (Å²) in [6.45, 7) is 2.19. The number of benzene rings is 2. The third-order valence-electron chi connectivity index (χ3n) is 5.18. The van der Waals surface area contributed by atoms with Crippen LogP contribution in [0.25, 0.3) is 11.0 Å². The zero-order valence-corrected chi connectivity index (χ0v) is 20.0. The van der Waals surface area contributed by atoms with Crippen LogP contribution in [-0.4, -0.2) is 20.4 Å². The summed E-state index contributed by atoms with van der Waals surface area (Å²) < 4.78 is 1.85. The fraction of sp³-hybridized carbons (Fsp3) is 0.174. The average Bonchev–Trinajstić information content (AvgIpc) is 3.11. The highest BCUT2D eigenvalue weighted by Crippen LogP contribution is 2.33. The molecule has 0 bridgehead atoms. The Kier molecular flexibility index (Phi) is 6.91. The fourth-order valence-electron chi connectivity index (χ4n) is 3.51. The van der Waals surface area contributed by atoms with Crippen molar-refractivity contribution in [2.24, 2.45) is 0 Å². The van der Waals surface area contributed by atoms with Crippen molar-refractivity contribution in [2.75, 3.05) is 0 Å². The van der Waals surface area contributed by atoms with Crippen LogP contribution in [0.5, 0.6) is 0 Å². The minimum Gasteiger partial charge on any atom is -0.350 e. The van der Waals surface area contributed by atoms with Gasteiger partial charge < -0.3 is 9.88 Å². The number of imidazole rings is 1. The van der Waals surface area contributed by atoms with Gasteiger partial charge in [-0.3, -0.25) is 9.78 Å². The van der Waals surface area contributed by atoms with E-state index in [-0.39, 0.29) is 5.91 Å². The summed E-state index contributed by atoms with van der Waals surface area (Å²) in [5.41, 5.74) is 3.01. The van der Waals surface area contributed by atoms with E-state index in [4.69, 9.17) is 51.4 Å². The van der Waals surface area contributed by atoms with Crippen molar-refractivity contribution < 1.29 is 4.79 Å². The lowest BCUT2D eigenvalue weighted by molar-refractivity contribution is -0.124. The maximum atomic E-state index is 13.1. The number of rotatable bonds is 6. The normalized spacial score (nSPS) is 12.2. The maximum Gasteiger partial charge on any atom is 0.243 e. The predicted molar refractivity (Wildman–Crippen MR) is 130 cm³/mol. The van der Waals surface area contributed by atoms with E-state index in [1.807, 2.05) is 23.6 Å². The van der Waals surface area contributed by atoms with E-state index >= 15 is 0 Å². The van der Waals surface area contributed by atoms with Crippen LogP contribution in [0.1, 0.15) is 29.9 Å². The molecule has 5 nitrogen and oxygen atoms in total. The molecule has 0 aliphatic rings. The first kappa shape index (κ1) is 22.9. The number of nitrogens with zero attached hydrogens (tertiary/aromatic N) is 3. The summed E-state index contributed by atoms with van der Waals surface area (Å²) in [5, 5.41) is 4.80. The van der Waals surface area contributed by atoms with Gasteiger partial charge in [0, 0.05) is 35.4 Å². The molecule has 2 aromatic carbocycles. The number of nitrogens with one attached hydrogen (secondary N) is 1.